The molecule has 3 heterocycles. The van der Waals surface area contributed by atoms with Crippen LogP contribution in [0.15, 0.2) is 18.2 Å². The van der Waals surface area contributed by atoms with Crippen LogP contribution in [0.5, 0.6) is 0 Å². The third kappa shape index (κ3) is 2.17. The van der Waals surface area contributed by atoms with Gasteiger partial charge in [0.25, 0.3) is 0 Å². The molecule has 0 saturated heterocycles. The lowest BCUT2D eigenvalue weighted by Gasteiger charge is -2.16. The predicted molar refractivity (Wildman–Crippen MR) is 71.5 cm³/mol. The van der Waals surface area contributed by atoms with Crippen LogP contribution in [0.3, 0.4) is 0 Å². The summed E-state index contributed by atoms with van der Waals surface area (Å²) in [4.78, 5) is 20.5. The van der Waals surface area contributed by atoms with E-state index in [-0.39, 0.29) is 5.69 Å². The summed E-state index contributed by atoms with van der Waals surface area (Å²) in [5.41, 5.74) is 1.46. The number of methoxy groups -OCH3 is 1. The van der Waals surface area contributed by atoms with Gasteiger partial charge in [-0.3, -0.25) is 0 Å². The highest BCUT2D eigenvalue weighted by Gasteiger charge is 2.26. The van der Waals surface area contributed by atoms with E-state index in [4.69, 9.17) is 21.1 Å². The predicted octanol–water partition coefficient (Wildman–Crippen LogP) is 1.92. The first-order chi connectivity index (χ1) is 9.70. The van der Waals surface area contributed by atoms with Crippen molar-refractivity contribution in [1.29, 1.82) is 0 Å². The Morgan fingerprint density at radius 2 is 2.30 bits per heavy atom. The first-order valence-corrected chi connectivity index (χ1v) is 6.47. The van der Waals surface area contributed by atoms with E-state index in [1.807, 2.05) is 4.57 Å². The smallest absolute Gasteiger partial charge is 0.359 e. The zero-order valence-electron chi connectivity index (χ0n) is 10.8. The molecule has 0 unspecified atom stereocenters. The Bertz CT molecular complexity index is 669. The minimum Gasteiger partial charge on any atom is -0.464 e. The number of esters is 1. The van der Waals surface area contributed by atoms with Crippen LogP contribution in [0.4, 0.5) is 0 Å². The fourth-order valence-electron chi connectivity index (χ4n) is 2.21. The lowest BCUT2D eigenvalue weighted by atomic mass is 10.2. The number of hydrogen-bond acceptors (Lipinski definition) is 5. The SMILES string of the molecule is COC(=O)c1nc2n(c1-c1cccc(Cl)n1)CCOC2. The lowest BCUT2D eigenvalue weighted by molar-refractivity contribution is 0.0595. The molecular formula is C13H12ClN3O3. The Morgan fingerprint density at radius 1 is 1.45 bits per heavy atom. The number of imidazole rings is 1. The van der Waals surface area contributed by atoms with Crippen molar-refractivity contribution < 1.29 is 14.3 Å². The van der Waals surface area contributed by atoms with Crippen LogP contribution >= 0.6 is 11.6 Å². The minimum absolute atomic E-state index is 0.239. The van der Waals surface area contributed by atoms with Crippen LogP contribution in [-0.2, 0) is 22.6 Å². The number of carbonyl (C=O) groups is 1. The van der Waals surface area contributed by atoms with Gasteiger partial charge in [-0.1, -0.05) is 17.7 Å². The second-order valence-corrected chi connectivity index (χ2v) is 4.65. The highest BCUT2D eigenvalue weighted by atomic mass is 35.5. The van der Waals surface area contributed by atoms with Gasteiger partial charge >= 0.3 is 5.97 Å². The number of ether oxygens (including phenoxy) is 2. The Balaban J connectivity index is 2.21. The summed E-state index contributed by atoms with van der Waals surface area (Å²) in [6, 6.07) is 5.25. The molecule has 0 radical (unpaired) electrons. The van der Waals surface area contributed by atoms with Crippen LogP contribution in [-0.4, -0.2) is 34.2 Å². The molecule has 2 aromatic rings. The molecule has 0 saturated carbocycles. The maximum absolute atomic E-state index is 11.9. The molecule has 0 fully saturated rings. The quantitative estimate of drug-likeness (QED) is 0.625. The second-order valence-electron chi connectivity index (χ2n) is 4.27. The molecule has 0 aromatic carbocycles. The van der Waals surface area contributed by atoms with Gasteiger partial charge in [-0.15, -0.1) is 0 Å². The van der Waals surface area contributed by atoms with Gasteiger partial charge in [0, 0.05) is 6.54 Å². The molecule has 20 heavy (non-hydrogen) atoms. The number of pyridine rings is 1. The fourth-order valence-corrected chi connectivity index (χ4v) is 2.37. The Hall–Kier alpha value is -1.92. The lowest BCUT2D eigenvalue weighted by Crippen LogP contribution is -2.17. The third-order valence-corrected chi connectivity index (χ3v) is 3.28. The molecule has 0 amide bonds. The Morgan fingerprint density at radius 3 is 3.05 bits per heavy atom. The second kappa shape index (κ2) is 5.22. The molecule has 0 atom stereocenters. The summed E-state index contributed by atoms with van der Waals surface area (Å²) in [6.45, 7) is 1.55. The van der Waals surface area contributed by atoms with Gasteiger partial charge < -0.3 is 14.0 Å². The van der Waals surface area contributed by atoms with Gasteiger partial charge in [-0.05, 0) is 12.1 Å². The third-order valence-electron chi connectivity index (χ3n) is 3.07. The van der Waals surface area contributed by atoms with Crippen molar-refractivity contribution in [3.05, 3.63) is 34.9 Å². The first kappa shape index (κ1) is 13.1. The van der Waals surface area contributed by atoms with E-state index >= 15 is 0 Å². The van der Waals surface area contributed by atoms with E-state index in [9.17, 15) is 4.79 Å². The zero-order chi connectivity index (χ0) is 14.1. The van der Waals surface area contributed by atoms with Gasteiger partial charge in [0.05, 0.1) is 19.4 Å². The average molecular weight is 294 g/mol. The number of rotatable bonds is 2. The van der Waals surface area contributed by atoms with Crippen molar-refractivity contribution in [2.45, 2.75) is 13.2 Å². The van der Waals surface area contributed by atoms with Crippen molar-refractivity contribution in [1.82, 2.24) is 14.5 Å². The van der Waals surface area contributed by atoms with Crippen molar-refractivity contribution in [3.63, 3.8) is 0 Å². The van der Waals surface area contributed by atoms with Crippen molar-refractivity contribution in [2.24, 2.45) is 0 Å². The zero-order valence-corrected chi connectivity index (χ0v) is 11.6. The summed E-state index contributed by atoms with van der Waals surface area (Å²) in [5, 5.41) is 0.362. The number of carbonyl (C=O) groups excluding carboxylic acids is 1. The highest BCUT2D eigenvalue weighted by molar-refractivity contribution is 6.29. The van der Waals surface area contributed by atoms with E-state index in [0.717, 1.165) is 0 Å². The number of hydrogen-bond donors (Lipinski definition) is 0. The molecule has 3 rings (SSSR count). The molecule has 0 N–H and O–H groups in total. The normalized spacial score (nSPS) is 13.9. The largest absolute Gasteiger partial charge is 0.464 e. The van der Waals surface area contributed by atoms with Crippen molar-refractivity contribution >= 4 is 17.6 Å². The number of aromatic nitrogens is 3. The van der Waals surface area contributed by atoms with Crippen LogP contribution in [0.2, 0.25) is 5.15 Å². The van der Waals surface area contributed by atoms with E-state index in [0.29, 0.717) is 42.1 Å². The molecule has 1 aliphatic heterocycles. The summed E-state index contributed by atoms with van der Waals surface area (Å²) in [7, 11) is 1.33. The summed E-state index contributed by atoms with van der Waals surface area (Å²) < 4.78 is 12.1. The minimum atomic E-state index is -0.497. The molecule has 104 valence electrons. The Labute approximate surface area is 120 Å². The topological polar surface area (TPSA) is 66.2 Å². The summed E-state index contributed by atoms with van der Waals surface area (Å²) in [5.74, 6) is 0.192. The molecular weight excluding hydrogens is 282 g/mol. The molecule has 1 aliphatic rings. The van der Waals surface area contributed by atoms with Crippen LogP contribution in [0.1, 0.15) is 16.3 Å². The standard InChI is InChI=1S/C13H12ClN3O3/c1-19-13(18)11-12(8-3-2-4-9(14)15-8)17-5-6-20-7-10(17)16-11/h2-4H,5-7H2,1H3. The van der Waals surface area contributed by atoms with E-state index in [2.05, 4.69) is 9.97 Å². The fraction of sp³-hybridized carbons (Fsp3) is 0.308. The molecule has 7 heteroatoms. The van der Waals surface area contributed by atoms with Gasteiger partial charge in [0.2, 0.25) is 0 Å². The average Bonchev–Trinajstić information content (AvgIpc) is 2.85. The number of fused-ring (bicyclic) bond motifs is 1. The molecule has 0 spiro atoms. The van der Waals surface area contributed by atoms with E-state index in [1.54, 1.807) is 18.2 Å². The first-order valence-electron chi connectivity index (χ1n) is 6.09. The molecule has 2 aromatic heterocycles. The molecule has 0 bridgehead atoms. The number of nitrogens with zero attached hydrogens (tertiary/aromatic N) is 3. The number of halogens is 1. The monoisotopic (exact) mass is 293 g/mol. The van der Waals surface area contributed by atoms with Crippen LogP contribution in [0, 0.1) is 0 Å². The van der Waals surface area contributed by atoms with Crippen LogP contribution in [0.25, 0.3) is 11.4 Å². The van der Waals surface area contributed by atoms with Gasteiger partial charge in [-0.2, -0.15) is 0 Å². The molecule has 6 nitrogen and oxygen atoms in total. The Kier molecular flexibility index (Phi) is 3.42. The van der Waals surface area contributed by atoms with Gasteiger partial charge in [-0.25, -0.2) is 14.8 Å². The van der Waals surface area contributed by atoms with Crippen molar-refractivity contribution in [2.75, 3.05) is 13.7 Å². The maximum Gasteiger partial charge on any atom is 0.359 e. The van der Waals surface area contributed by atoms with Crippen LogP contribution < -0.4 is 0 Å². The van der Waals surface area contributed by atoms with Gasteiger partial charge in [0.15, 0.2) is 5.69 Å². The van der Waals surface area contributed by atoms with Gasteiger partial charge in [0.1, 0.15) is 23.3 Å². The van der Waals surface area contributed by atoms with E-state index in [1.165, 1.54) is 7.11 Å². The van der Waals surface area contributed by atoms with Crippen molar-refractivity contribution in [3.8, 4) is 11.4 Å². The summed E-state index contributed by atoms with van der Waals surface area (Å²) in [6.07, 6.45) is 0. The molecule has 0 aliphatic carbocycles. The highest BCUT2D eigenvalue weighted by Crippen LogP contribution is 2.27. The maximum atomic E-state index is 11.9. The van der Waals surface area contributed by atoms with E-state index < -0.39 is 5.97 Å². The summed E-state index contributed by atoms with van der Waals surface area (Å²) >= 11 is 5.93.